The maximum absolute atomic E-state index is 12.2. The van der Waals surface area contributed by atoms with E-state index in [1.54, 1.807) is 36.4 Å². The quantitative estimate of drug-likeness (QED) is 0.353. The monoisotopic (exact) mass is 401 g/mol. The van der Waals surface area contributed by atoms with E-state index in [2.05, 4.69) is 21.2 Å². The van der Waals surface area contributed by atoms with Crippen LogP contribution in [0.5, 0.6) is 5.75 Å². The van der Waals surface area contributed by atoms with Crippen molar-refractivity contribution in [1.29, 1.82) is 5.26 Å². The van der Waals surface area contributed by atoms with Crippen molar-refractivity contribution in [3.05, 3.63) is 68.2 Å². The number of hydrogen-bond acceptors (Lipinski definition) is 5. The summed E-state index contributed by atoms with van der Waals surface area (Å²) in [6.45, 7) is 0. The fourth-order valence-electron chi connectivity index (χ4n) is 2.06. The van der Waals surface area contributed by atoms with Gasteiger partial charge >= 0.3 is 5.69 Å². The molecule has 0 unspecified atom stereocenters. The molecule has 0 spiro atoms. The number of hydrogen-bond donors (Lipinski definition) is 1. The van der Waals surface area contributed by atoms with Crippen molar-refractivity contribution in [3.63, 3.8) is 0 Å². The number of benzene rings is 2. The normalized spacial score (nSPS) is 10.7. The minimum atomic E-state index is -0.608. The zero-order chi connectivity index (χ0) is 18.4. The topological polar surface area (TPSA) is 105 Å². The summed E-state index contributed by atoms with van der Waals surface area (Å²) < 4.78 is 5.34. The number of methoxy groups -OCH3 is 1. The molecule has 126 valence electrons. The molecule has 1 N–H and O–H groups in total. The Labute approximate surface area is 151 Å². The number of carbonyl (C=O) groups is 1. The zero-order valence-electron chi connectivity index (χ0n) is 13.0. The number of anilines is 1. The van der Waals surface area contributed by atoms with Crippen molar-refractivity contribution in [2.24, 2.45) is 0 Å². The molecular weight excluding hydrogens is 390 g/mol. The van der Waals surface area contributed by atoms with Gasteiger partial charge in [0, 0.05) is 11.8 Å². The van der Waals surface area contributed by atoms with Gasteiger partial charge in [-0.25, -0.2) is 0 Å². The van der Waals surface area contributed by atoms with Gasteiger partial charge in [-0.05, 0) is 45.8 Å². The lowest BCUT2D eigenvalue weighted by Crippen LogP contribution is -2.13. The van der Waals surface area contributed by atoms with E-state index in [1.807, 2.05) is 0 Å². The number of carbonyl (C=O) groups excluding carboxylic acids is 1. The van der Waals surface area contributed by atoms with Gasteiger partial charge in [-0.1, -0.05) is 18.2 Å². The van der Waals surface area contributed by atoms with E-state index in [0.717, 1.165) is 0 Å². The predicted molar refractivity (Wildman–Crippen MR) is 96.0 cm³/mol. The fourth-order valence-corrected chi connectivity index (χ4v) is 2.68. The van der Waals surface area contributed by atoms with Crippen LogP contribution < -0.4 is 10.1 Å². The lowest BCUT2D eigenvalue weighted by molar-refractivity contribution is -0.385. The lowest BCUT2D eigenvalue weighted by Gasteiger charge is -2.07. The average molecular weight is 402 g/mol. The van der Waals surface area contributed by atoms with Gasteiger partial charge in [-0.3, -0.25) is 14.9 Å². The van der Waals surface area contributed by atoms with Gasteiger partial charge in [0.15, 0.2) is 0 Å². The standard InChI is InChI=1S/C17H12BrN3O4/c1-25-16-14(18)8-11(9-15(16)21(23)24)7-12(10-19)17(22)20-13-5-3-2-4-6-13/h2-9H,1H3,(H,20,22)/b12-7-. The van der Waals surface area contributed by atoms with Gasteiger partial charge in [-0.2, -0.15) is 5.26 Å². The van der Waals surface area contributed by atoms with Crippen molar-refractivity contribution in [2.45, 2.75) is 0 Å². The molecule has 1 amide bonds. The van der Waals surface area contributed by atoms with Crippen LogP contribution in [0.25, 0.3) is 6.08 Å². The number of nitrogens with one attached hydrogen (secondary N) is 1. The maximum atomic E-state index is 12.2. The van der Waals surface area contributed by atoms with Crippen LogP contribution in [0, 0.1) is 21.4 Å². The maximum Gasteiger partial charge on any atom is 0.312 e. The lowest BCUT2D eigenvalue weighted by atomic mass is 10.1. The molecule has 0 atom stereocenters. The third-order valence-electron chi connectivity index (χ3n) is 3.15. The summed E-state index contributed by atoms with van der Waals surface area (Å²) in [5.41, 5.74) is 0.397. The highest BCUT2D eigenvalue weighted by molar-refractivity contribution is 9.10. The van der Waals surface area contributed by atoms with Gasteiger partial charge in [0.25, 0.3) is 5.91 Å². The van der Waals surface area contributed by atoms with E-state index in [1.165, 1.54) is 25.3 Å². The van der Waals surface area contributed by atoms with E-state index in [0.29, 0.717) is 15.7 Å². The highest BCUT2D eigenvalue weighted by Crippen LogP contribution is 2.36. The first-order chi connectivity index (χ1) is 12.0. The first kappa shape index (κ1) is 18.2. The van der Waals surface area contributed by atoms with Crippen LogP contribution in [0.2, 0.25) is 0 Å². The first-order valence-corrected chi connectivity index (χ1v) is 7.75. The summed E-state index contributed by atoms with van der Waals surface area (Å²) in [6.07, 6.45) is 1.27. The number of para-hydroxylation sites is 1. The number of amides is 1. The van der Waals surface area contributed by atoms with Crippen molar-refractivity contribution in [3.8, 4) is 11.8 Å². The number of nitriles is 1. The molecule has 8 heteroatoms. The molecule has 0 aliphatic rings. The van der Waals surface area contributed by atoms with E-state index in [4.69, 9.17) is 4.74 Å². The van der Waals surface area contributed by atoms with Gasteiger partial charge < -0.3 is 10.1 Å². The zero-order valence-corrected chi connectivity index (χ0v) is 14.6. The van der Waals surface area contributed by atoms with Crippen molar-refractivity contribution in [1.82, 2.24) is 0 Å². The van der Waals surface area contributed by atoms with Crippen LogP contribution in [-0.2, 0) is 4.79 Å². The Kier molecular flexibility index (Phi) is 5.87. The molecule has 7 nitrogen and oxygen atoms in total. The molecule has 0 saturated heterocycles. The molecule has 0 fully saturated rings. The second-order valence-corrected chi connectivity index (χ2v) is 5.66. The van der Waals surface area contributed by atoms with Gasteiger partial charge in [0.2, 0.25) is 5.75 Å². The first-order valence-electron chi connectivity index (χ1n) is 6.96. The minimum absolute atomic E-state index is 0.0643. The Hall–Kier alpha value is -3.18. The molecule has 0 bridgehead atoms. The largest absolute Gasteiger partial charge is 0.489 e. The van der Waals surface area contributed by atoms with E-state index in [9.17, 15) is 20.2 Å². The Bertz CT molecular complexity index is 889. The third-order valence-corrected chi connectivity index (χ3v) is 3.74. The van der Waals surface area contributed by atoms with Gasteiger partial charge in [0.1, 0.15) is 11.6 Å². The Morgan fingerprint density at radius 1 is 1.36 bits per heavy atom. The summed E-state index contributed by atoms with van der Waals surface area (Å²) in [5, 5.41) is 23.0. The van der Waals surface area contributed by atoms with Crippen molar-refractivity contribution in [2.75, 3.05) is 12.4 Å². The van der Waals surface area contributed by atoms with E-state index >= 15 is 0 Å². The highest BCUT2D eigenvalue weighted by Gasteiger charge is 2.20. The SMILES string of the molecule is COc1c(Br)cc(/C=C(/C#N)C(=O)Nc2ccccc2)cc1[N+](=O)[O-]. The molecule has 0 aliphatic carbocycles. The molecule has 0 aliphatic heterocycles. The predicted octanol–water partition coefficient (Wildman–Crippen LogP) is 3.91. The second kappa shape index (κ2) is 8.08. The molecule has 0 aromatic heterocycles. The van der Waals surface area contributed by atoms with Crippen LogP contribution >= 0.6 is 15.9 Å². The van der Waals surface area contributed by atoms with Crippen LogP contribution in [-0.4, -0.2) is 17.9 Å². The average Bonchev–Trinajstić information content (AvgIpc) is 2.59. The van der Waals surface area contributed by atoms with Crippen LogP contribution in [0.15, 0.2) is 52.5 Å². The Morgan fingerprint density at radius 2 is 2.04 bits per heavy atom. The Balaban J connectivity index is 2.38. The number of rotatable bonds is 5. The second-order valence-electron chi connectivity index (χ2n) is 4.80. The smallest absolute Gasteiger partial charge is 0.312 e. The number of ether oxygens (including phenoxy) is 1. The van der Waals surface area contributed by atoms with Gasteiger partial charge in [0.05, 0.1) is 16.5 Å². The molecule has 0 heterocycles. The van der Waals surface area contributed by atoms with Crippen LogP contribution in [0.3, 0.4) is 0 Å². The molecule has 2 aromatic rings. The van der Waals surface area contributed by atoms with E-state index in [-0.39, 0.29) is 17.0 Å². The summed E-state index contributed by atoms with van der Waals surface area (Å²) in [4.78, 5) is 22.8. The summed E-state index contributed by atoms with van der Waals surface area (Å²) >= 11 is 3.19. The molecule has 2 aromatic carbocycles. The molecule has 2 rings (SSSR count). The van der Waals surface area contributed by atoms with Crippen LogP contribution in [0.1, 0.15) is 5.56 Å². The number of nitro benzene ring substituents is 1. The summed E-state index contributed by atoms with van der Waals surface area (Å²) in [5.74, 6) is -0.544. The Morgan fingerprint density at radius 3 is 2.60 bits per heavy atom. The molecule has 0 radical (unpaired) electrons. The van der Waals surface area contributed by atoms with Crippen LogP contribution in [0.4, 0.5) is 11.4 Å². The van der Waals surface area contributed by atoms with Gasteiger partial charge in [-0.15, -0.1) is 0 Å². The highest BCUT2D eigenvalue weighted by atomic mass is 79.9. The number of nitro groups is 1. The molecule has 25 heavy (non-hydrogen) atoms. The number of nitrogens with zero attached hydrogens (tertiary/aromatic N) is 2. The van der Waals surface area contributed by atoms with Crippen molar-refractivity contribution >= 4 is 39.3 Å². The molecular formula is C17H12BrN3O4. The van der Waals surface area contributed by atoms with Crippen molar-refractivity contribution < 1.29 is 14.5 Å². The summed E-state index contributed by atoms with van der Waals surface area (Å²) in [7, 11) is 1.32. The minimum Gasteiger partial charge on any atom is -0.489 e. The number of halogens is 1. The fraction of sp³-hybridized carbons (Fsp3) is 0.0588. The summed E-state index contributed by atoms with van der Waals surface area (Å²) in [6, 6.07) is 13.2. The third kappa shape index (κ3) is 4.43. The van der Waals surface area contributed by atoms with E-state index < -0.39 is 10.8 Å². The molecule has 0 saturated carbocycles.